The zero-order chi connectivity index (χ0) is 34.4. The number of rotatable bonds is 19. The maximum atomic E-state index is 12.7. The molecule has 0 aromatic carbocycles. The highest BCUT2D eigenvalue weighted by atomic mass is 31.2. The zero-order valence-corrected chi connectivity index (χ0v) is 28.5. The number of amides is 2. The lowest BCUT2D eigenvalue weighted by molar-refractivity contribution is -0.131. The number of hydrogen-bond donors (Lipinski definition) is 8. The molecular weight excluding hydrogens is 641 g/mol. The van der Waals surface area contributed by atoms with Gasteiger partial charge in [0.1, 0.15) is 23.6 Å². The van der Waals surface area contributed by atoms with Crippen molar-refractivity contribution in [2.75, 3.05) is 68.0 Å². The number of anilines is 3. The predicted octanol–water partition coefficient (Wildman–Crippen LogP) is -0.438. The van der Waals surface area contributed by atoms with Crippen LogP contribution in [-0.4, -0.2) is 116 Å². The zero-order valence-electron chi connectivity index (χ0n) is 27.6. The number of nitrogens with one attached hydrogen (secondary N) is 4. The maximum Gasteiger partial charge on any atom is 0.344 e. The molecular formula is C29H52N13O5P. The molecule has 48 heavy (non-hydrogen) atoms. The van der Waals surface area contributed by atoms with E-state index < -0.39 is 25.8 Å². The van der Waals surface area contributed by atoms with Crippen molar-refractivity contribution in [3.05, 3.63) is 18.0 Å². The van der Waals surface area contributed by atoms with E-state index >= 15 is 0 Å². The number of nitrogens with zero attached hydrogens (tertiary/aromatic N) is 7. The number of aryl methyl sites for hydroxylation is 1. The Balaban J connectivity index is 1.11. The van der Waals surface area contributed by atoms with Gasteiger partial charge in [-0.25, -0.2) is 0 Å². The van der Waals surface area contributed by atoms with Crippen LogP contribution in [0.5, 0.6) is 0 Å². The molecule has 268 valence electrons. The minimum atomic E-state index is -4.38. The van der Waals surface area contributed by atoms with E-state index in [4.69, 9.17) is 21.3 Å². The first-order valence-corrected chi connectivity index (χ1v) is 18.7. The van der Waals surface area contributed by atoms with E-state index in [-0.39, 0.29) is 18.7 Å². The summed E-state index contributed by atoms with van der Waals surface area (Å²) in [6.45, 7) is 6.10. The fraction of sp³-hybridized carbons (Fsp3) is 0.724. The second-order valence-corrected chi connectivity index (χ2v) is 14.1. The van der Waals surface area contributed by atoms with Gasteiger partial charge < -0.3 is 52.3 Å². The lowest BCUT2D eigenvalue weighted by atomic mass is 9.95. The quantitative estimate of drug-likeness (QED) is 0.0686. The average Bonchev–Trinajstić information content (AvgIpc) is 3.53. The third-order valence-corrected chi connectivity index (χ3v) is 9.05. The van der Waals surface area contributed by atoms with Crippen molar-refractivity contribution in [1.29, 1.82) is 0 Å². The number of carbonyl (C=O) groups is 2. The van der Waals surface area contributed by atoms with E-state index in [1.165, 1.54) is 32.1 Å². The third-order valence-electron chi connectivity index (χ3n) is 8.48. The Morgan fingerprint density at radius 3 is 2.54 bits per heavy atom. The largest absolute Gasteiger partial charge is 0.383 e. The van der Waals surface area contributed by atoms with Gasteiger partial charge in [-0.05, 0) is 51.7 Å². The lowest BCUT2D eigenvalue weighted by Crippen LogP contribution is -2.49. The minimum Gasteiger partial charge on any atom is -0.383 e. The maximum absolute atomic E-state index is 12.7. The van der Waals surface area contributed by atoms with Crippen LogP contribution in [0.4, 0.5) is 17.6 Å². The summed E-state index contributed by atoms with van der Waals surface area (Å²) in [6, 6.07) is 1.36. The van der Waals surface area contributed by atoms with Gasteiger partial charge in [0.15, 0.2) is 0 Å². The summed E-state index contributed by atoms with van der Waals surface area (Å²) in [5, 5.41) is 21.0. The van der Waals surface area contributed by atoms with Crippen molar-refractivity contribution in [3.8, 4) is 0 Å². The highest BCUT2D eigenvalue weighted by Crippen LogP contribution is 2.32. The Hall–Kier alpha value is -3.41. The summed E-state index contributed by atoms with van der Waals surface area (Å²) in [5.74, 6) is 0.457. The van der Waals surface area contributed by atoms with Crippen LogP contribution in [0.15, 0.2) is 12.3 Å². The highest BCUT2D eigenvalue weighted by Gasteiger charge is 2.25. The fourth-order valence-electron chi connectivity index (χ4n) is 5.77. The monoisotopic (exact) mass is 693 g/mol. The van der Waals surface area contributed by atoms with Crippen molar-refractivity contribution in [3.63, 3.8) is 0 Å². The Bertz CT molecular complexity index is 1340. The Labute approximate surface area is 281 Å². The van der Waals surface area contributed by atoms with Gasteiger partial charge in [0, 0.05) is 51.3 Å². The topological polar surface area (TPSA) is 255 Å². The molecule has 1 aliphatic carbocycles. The Morgan fingerprint density at radius 2 is 1.79 bits per heavy atom. The Morgan fingerprint density at radius 1 is 1.04 bits per heavy atom. The summed E-state index contributed by atoms with van der Waals surface area (Å²) in [5.41, 5.74) is 12.6. The van der Waals surface area contributed by atoms with Crippen LogP contribution >= 0.6 is 7.60 Å². The molecule has 1 aliphatic heterocycles. The molecule has 2 amide bonds. The van der Waals surface area contributed by atoms with Crippen molar-refractivity contribution in [2.24, 2.45) is 5.73 Å². The summed E-state index contributed by atoms with van der Waals surface area (Å²) in [7, 11) is -4.38. The van der Waals surface area contributed by atoms with Crippen molar-refractivity contribution in [1.82, 2.24) is 45.8 Å². The number of nitrogens with two attached hydrogens (primary N) is 2. The van der Waals surface area contributed by atoms with Gasteiger partial charge in [-0.2, -0.15) is 9.97 Å². The van der Waals surface area contributed by atoms with E-state index in [0.717, 1.165) is 44.7 Å². The molecule has 0 radical (unpaired) electrons. The smallest absolute Gasteiger partial charge is 0.344 e. The summed E-state index contributed by atoms with van der Waals surface area (Å²) >= 11 is 0. The molecule has 2 aromatic rings. The molecule has 1 saturated carbocycles. The van der Waals surface area contributed by atoms with Crippen LogP contribution in [0, 0.1) is 0 Å². The Kier molecular flexibility index (Phi) is 14.8. The van der Waals surface area contributed by atoms with Crippen molar-refractivity contribution >= 4 is 37.0 Å². The van der Waals surface area contributed by atoms with E-state index in [0.29, 0.717) is 56.3 Å². The first kappa shape index (κ1) is 37.4. The molecule has 0 spiro atoms. The molecule has 1 atom stereocenters. The highest BCUT2D eigenvalue weighted by molar-refractivity contribution is 7.51. The van der Waals surface area contributed by atoms with Crippen LogP contribution in [0.3, 0.4) is 0 Å². The number of carbonyl (C=O) groups excluding carboxylic acids is 2. The van der Waals surface area contributed by atoms with E-state index in [2.05, 4.69) is 41.5 Å². The van der Waals surface area contributed by atoms with E-state index in [1.807, 2.05) is 15.8 Å². The molecule has 1 saturated heterocycles. The first-order valence-electron chi connectivity index (χ1n) is 16.9. The van der Waals surface area contributed by atoms with Crippen LogP contribution in [0.25, 0.3) is 0 Å². The van der Waals surface area contributed by atoms with Gasteiger partial charge in [-0.3, -0.25) is 18.8 Å². The average molecular weight is 694 g/mol. The molecule has 2 aliphatic rings. The van der Waals surface area contributed by atoms with Gasteiger partial charge in [0.25, 0.3) is 0 Å². The van der Waals surface area contributed by atoms with Gasteiger partial charge in [0.05, 0.1) is 18.8 Å². The second-order valence-electron chi connectivity index (χ2n) is 12.4. The number of aromatic nitrogens is 5. The molecule has 0 unspecified atom stereocenters. The van der Waals surface area contributed by atoms with Crippen LogP contribution < -0.4 is 37.6 Å². The van der Waals surface area contributed by atoms with E-state index in [1.54, 1.807) is 11.0 Å². The lowest BCUT2D eigenvalue weighted by Gasteiger charge is -2.35. The van der Waals surface area contributed by atoms with Gasteiger partial charge in [0.2, 0.25) is 17.8 Å². The van der Waals surface area contributed by atoms with Gasteiger partial charge in [-0.15, -0.1) is 5.10 Å². The molecule has 3 heterocycles. The predicted molar refractivity (Wildman–Crippen MR) is 182 cm³/mol. The number of piperazine rings is 1. The summed E-state index contributed by atoms with van der Waals surface area (Å²) < 4.78 is 12.8. The molecule has 19 heteroatoms. The van der Waals surface area contributed by atoms with Gasteiger partial charge in [-0.1, -0.05) is 24.5 Å². The van der Waals surface area contributed by atoms with Crippen LogP contribution in [0.1, 0.15) is 63.5 Å². The van der Waals surface area contributed by atoms with E-state index in [9.17, 15) is 14.2 Å². The molecule has 2 fully saturated rings. The molecule has 0 bridgehead atoms. The molecule has 10 N–H and O–H groups in total. The summed E-state index contributed by atoms with van der Waals surface area (Å²) in [6.07, 6.45) is 10.0. The standard InChI is InChI=1S/C29H52N13O5P/c30-24(28(44)35-21-48(45,46)47)8-9-27(43)41-16-14-40(15-17-41)26-18-25(31)36-29(37-26)34-19-23-20-42(39-38-23)13-5-11-32-10-4-12-33-22-6-2-1-3-7-22/h18,20,22,24,32-33H,1-17,19,21,30H2,(H,35,44)(H2,45,46,47)(H3,31,34,36,37)/t24-/m0/s1. The summed E-state index contributed by atoms with van der Waals surface area (Å²) in [4.78, 5) is 55.0. The second kappa shape index (κ2) is 19.0. The molecule has 4 rings (SSSR count). The van der Waals surface area contributed by atoms with Crippen LogP contribution in [-0.2, 0) is 27.2 Å². The van der Waals surface area contributed by atoms with Crippen molar-refractivity contribution in [2.45, 2.75) is 83.0 Å². The number of hydrogen-bond acceptors (Lipinski definition) is 13. The van der Waals surface area contributed by atoms with Crippen molar-refractivity contribution < 1.29 is 23.9 Å². The minimum absolute atomic E-state index is 0.0404. The van der Waals surface area contributed by atoms with Gasteiger partial charge >= 0.3 is 7.60 Å². The fourth-order valence-corrected chi connectivity index (χ4v) is 6.14. The number of nitrogen functional groups attached to an aromatic ring is 1. The first-order chi connectivity index (χ1) is 23.1. The van der Waals surface area contributed by atoms with Crippen LogP contribution in [0.2, 0.25) is 0 Å². The third kappa shape index (κ3) is 13.2. The normalized spacial score (nSPS) is 16.6. The molecule has 2 aromatic heterocycles. The SMILES string of the molecule is Nc1cc(N2CCN(C(=O)CC[C@H](N)C(=O)NCP(=O)(O)O)CC2)nc(NCc2cn(CCCNCCCNC3CCCCC3)nn2)n1. The molecule has 18 nitrogen and oxygen atoms in total.